The van der Waals surface area contributed by atoms with Crippen LogP contribution in [0.4, 0.5) is 5.69 Å². The Morgan fingerprint density at radius 2 is 2.29 bits per heavy atom. The maximum atomic E-state index is 9.67. The maximum Gasteiger partial charge on any atom is 0.128 e. The molecule has 3 rings (SSSR count). The molecule has 1 aromatic rings. The Hall–Kier alpha value is -1.10. The molecule has 0 aliphatic carbocycles. The van der Waals surface area contributed by atoms with Gasteiger partial charge in [-0.15, -0.1) is 0 Å². The molecule has 2 heterocycles. The molecule has 0 aromatic heterocycles. The Balaban J connectivity index is 1.90. The molecule has 0 radical (unpaired) electrons. The molecule has 17 heavy (non-hydrogen) atoms. The summed E-state index contributed by atoms with van der Waals surface area (Å²) in [5, 5.41) is 16.3. The summed E-state index contributed by atoms with van der Waals surface area (Å²) >= 11 is 0. The third-order valence-corrected chi connectivity index (χ3v) is 3.45. The van der Waals surface area contributed by atoms with Gasteiger partial charge in [0.15, 0.2) is 0 Å². The number of aliphatic hydroxyl groups excluding tert-OH is 1. The van der Waals surface area contributed by atoms with E-state index in [-0.39, 0.29) is 6.04 Å². The molecule has 2 aliphatic rings. The predicted molar refractivity (Wildman–Crippen MR) is 66.0 cm³/mol. The number of hydrogen-bond donors (Lipinski definition) is 3. The van der Waals surface area contributed by atoms with Crippen LogP contribution in [0.2, 0.25) is 0 Å². The normalized spacial score (nSPS) is 28.3. The first kappa shape index (κ1) is 11.0. The van der Waals surface area contributed by atoms with Crippen molar-refractivity contribution in [1.29, 1.82) is 0 Å². The summed E-state index contributed by atoms with van der Waals surface area (Å²) in [6.45, 7) is 2.54. The fourth-order valence-corrected chi connectivity index (χ4v) is 2.63. The molecular formula is C13H18N2O2. The van der Waals surface area contributed by atoms with Crippen molar-refractivity contribution in [3.8, 4) is 0 Å². The summed E-state index contributed by atoms with van der Waals surface area (Å²) in [5.74, 6) is 0. The van der Waals surface area contributed by atoms with Gasteiger partial charge in [0.25, 0.3) is 0 Å². The van der Waals surface area contributed by atoms with Crippen LogP contribution in [0.3, 0.4) is 0 Å². The summed E-state index contributed by atoms with van der Waals surface area (Å²) in [4.78, 5) is 0. The number of hydrogen-bond acceptors (Lipinski definition) is 4. The molecule has 2 aliphatic heterocycles. The standard InChI is InChI=1S/C13H18N2O2/c16-13-7-10-9(3-1-4-11(10)15-13)12-8-17-6-2-5-14-12/h1,3-4,12-16H,2,5-8H2. The zero-order chi connectivity index (χ0) is 11.7. The molecule has 3 N–H and O–H groups in total. The van der Waals surface area contributed by atoms with E-state index < -0.39 is 6.23 Å². The van der Waals surface area contributed by atoms with E-state index in [1.54, 1.807) is 0 Å². The molecule has 4 heteroatoms. The Labute approximate surface area is 101 Å². The molecule has 0 bridgehead atoms. The van der Waals surface area contributed by atoms with Crippen molar-refractivity contribution in [3.05, 3.63) is 29.3 Å². The lowest BCUT2D eigenvalue weighted by molar-refractivity contribution is 0.131. The second kappa shape index (κ2) is 4.64. The number of nitrogens with one attached hydrogen (secondary N) is 2. The molecule has 4 nitrogen and oxygen atoms in total. The molecule has 1 aromatic carbocycles. The van der Waals surface area contributed by atoms with Crippen LogP contribution in [-0.4, -0.2) is 31.1 Å². The molecule has 0 saturated carbocycles. The SMILES string of the molecule is OC1Cc2c(cccc2C2COCCCN2)N1. The monoisotopic (exact) mass is 234 g/mol. The lowest BCUT2D eigenvalue weighted by atomic mass is 9.98. The Morgan fingerprint density at radius 1 is 1.35 bits per heavy atom. The smallest absolute Gasteiger partial charge is 0.128 e. The van der Waals surface area contributed by atoms with Gasteiger partial charge in [0, 0.05) is 18.7 Å². The molecule has 2 atom stereocenters. The van der Waals surface area contributed by atoms with Gasteiger partial charge in [-0.3, -0.25) is 0 Å². The van der Waals surface area contributed by atoms with Crippen molar-refractivity contribution in [2.75, 3.05) is 25.1 Å². The van der Waals surface area contributed by atoms with E-state index >= 15 is 0 Å². The van der Waals surface area contributed by atoms with Crippen molar-refractivity contribution in [2.45, 2.75) is 25.1 Å². The van der Waals surface area contributed by atoms with E-state index in [0.717, 1.165) is 25.3 Å². The minimum Gasteiger partial charge on any atom is -0.379 e. The van der Waals surface area contributed by atoms with E-state index in [1.807, 2.05) is 12.1 Å². The zero-order valence-corrected chi connectivity index (χ0v) is 9.78. The zero-order valence-electron chi connectivity index (χ0n) is 9.78. The number of ether oxygens (including phenoxy) is 1. The largest absolute Gasteiger partial charge is 0.379 e. The first-order chi connectivity index (χ1) is 8.34. The van der Waals surface area contributed by atoms with Crippen LogP contribution in [0.5, 0.6) is 0 Å². The summed E-state index contributed by atoms with van der Waals surface area (Å²) in [5.41, 5.74) is 3.54. The van der Waals surface area contributed by atoms with Crippen LogP contribution < -0.4 is 10.6 Å². The minimum atomic E-state index is -0.446. The summed E-state index contributed by atoms with van der Waals surface area (Å²) < 4.78 is 5.60. The fourth-order valence-electron chi connectivity index (χ4n) is 2.63. The molecule has 1 fully saturated rings. The highest BCUT2D eigenvalue weighted by molar-refractivity contribution is 5.59. The van der Waals surface area contributed by atoms with Gasteiger partial charge in [-0.1, -0.05) is 12.1 Å². The van der Waals surface area contributed by atoms with Gasteiger partial charge < -0.3 is 20.5 Å². The van der Waals surface area contributed by atoms with Crippen molar-refractivity contribution < 1.29 is 9.84 Å². The number of fused-ring (bicyclic) bond motifs is 1. The van der Waals surface area contributed by atoms with E-state index in [0.29, 0.717) is 13.0 Å². The Bertz CT molecular complexity index is 400. The van der Waals surface area contributed by atoms with Gasteiger partial charge in [-0.25, -0.2) is 0 Å². The quantitative estimate of drug-likeness (QED) is 0.679. The van der Waals surface area contributed by atoms with Crippen LogP contribution in [-0.2, 0) is 11.2 Å². The van der Waals surface area contributed by atoms with E-state index in [4.69, 9.17) is 4.74 Å². The lowest BCUT2D eigenvalue weighted by Gasteiger charge is -2.18. The van der Waals surface area contributed by atoms with Gasteiger partial charge in [0.2, 0.25) is 0 Å². The second-order valence-electron chi connectivity index (χ2n) is 4.67. The number of rotatable bonds is 1. The van der Waals surface area contributed by atoms with Crippen molar-refractivity contribution in [1.82, 2.24) is 5.32 Å². The fraction of sp³-hybridized carbons (Fsp3) is 0.538. The number of benzene rings is 1. The van der Waals surface area contributed by atoms with E-state index in [1.165, 1.54) is 11.1 Å². The second-order valence-corrected chi connectivity index (χ2v) is 4.67. The van der Waals surface area contributed by atoms with Crippen molar-refractivity contribution in [3.63, 3.8) is 0 Å². The van der Waals surface area contributed by atoms with Gasteiger partial charge in [-0.05, 0) is 30.2 Å². The average Bonchev–Trinajstić information content (AvgIpc) is 2.55. The molecule has 1 saturated heterocycles. The number of anilines is 1. The predicted octanol–water partition coefficient (Wildman–Crippen LogP) is 1.02. The van der Waals surface area contributed by atoms with Gasteiger partial charge in [-0.2, -0.15) is 0 Å². The summed E-state index contributed by atoms with van der Waals surface area (Å²) in [7, 11) is 0. The molecule has 0 spiro atoms. The van der Waals surface area contributed by atoms with E-state index in [2.05, 4.69) is 16.7 Å². The highest BCUT2D eigenvalue weighted by atomic mass is 16.5. The van der Waals surface area contributed by atoms with Gasteiger partial charge >= 0.3 is 0 Å². The summed E-state index contributed by atoms with van der Waals surface area (Å²) in [6, 6.07) is 6.43. The Morgan fingerprint density at radius 3 is 3.24 bits per heavy atom. The minimum absolute atomic E-state index is 0.250. The third kappa shape index (κ3) is 2.16. The highest BCUT2D eigenvalue weighted by Gasteiger charge is 2.25. The van der Waals surface area contributed by atoms with Crippen LogP contribution in [0.25, 0.3) is 0 Å². The number of aliphatic hydroxyl groups is 1. The third-order valence-electron chi connectivity index (χ3n) is 3.45. The molecular weight excluding hydrogens is 216 g/mol. The van der Waals surface area contributed by atoms with Gasteiger partial charge in [0.1, 0.15) is 6.23 Å². The van der Waals surface area contributed by atoms with Crippen LogP contribution in [0.1, 0.15) is 23.6 Å². The topological polar surface area (TPSA) is 53.5 Å². The van der Waals surface area contributed by atoms with Crippen LogP contribution >= 0.6 is 0 Å². The van der Waals surface area contributed by atoms with Crippen molar-refractivity contribution >= 4 is 5.69 Å². The lowest BCUT2D eigenvalue weighted by Crippen LogP contribution is -2.24. The molecule has 2 unspecified atom stereocenters. The summed E-state index contributed by atoms with van der Waals surface area (Å²) in [6.07, 6.45) is 1.30. The van der Waals surface area contributed by atoms with Crippen LogP contribution in [0.15, 0.2) is 18.2 Å². The van der Waals surface area contributed by atoms with Crippen LogP contribution in [0, 0.1) is 0 Å². The first-order valence-corrected chi connectivity index (χ1v) is 6.22. The Kier molecular flexibility index (Phi) is 3.01. The van der Waals surface area contributed by atoms with Gasteiger partial charge in [0.05, 0.1) is 12.6 Å². The highest BCUT2D eigenvalue weighted by Crippen LogP contribution is 2.31. The average molecular weight is 234 g/mol. The maximum absolute atomic E-state index is 9.67. The first-order valence-electron chi connectivity index (χ1n) is 6.22. The van der Waals surface area contributed by atoms with E-state index in [9.17, 15) is 5.11 Å². The molecule has 0 amide bonds. The molecule has 92 valence electrons. The van der Waals surface area contributed by atoms with Crippen molar-refractivity contribution in [2.24, 2.45) is 0 Å².